The standard InChI is InChI=1S/C31H42F3N7O2.ClH/c32-31(33,34)9-10-36-30-37-19-27-28(21-41(29(27)38-30)24-5-7-25(42)8-6-24)23-3-1-22(2-4-23)20-40-13-11-39(12-14-40)15-16-43-26-17-35-18-26;/h1-4,19,21,24-26,35,42H,5-18,20H2,(H,36,37,38);1H. The maximum atomic E-state index is 12.7. The number of alkyl halides is 3. The monoisotopic (exact) mass is 637 g/mol. The molecule has 44 heavy (non-hydrogen) atoms. The fourth-order valence-electron chi connectivity index (χ4n) is 6.22. The molecule has 3 aromatic rings. The molecule has 1 aliphatic carbocycles. The van der Waals surface area contributed by atoms with Gasteiger partial charge < -0.3 is 25.0 Å². The number of nitrogens with zero attached hydrogens (tertiary/aromatic N) is 5. The number of rotatable bonds is 11. The Bertz CT molecular complexity index is 1340. The van der Waals surface area contributed by atoms with Crippen LogP contribution in [0.5, 0.6) is 0 Å². The number of aromatic nitrogens is 3. The van der Waals surface area contributed by atoms with Gasteiger partial charge in [0.25, 0.3) is 0 Å². The molecule has 2 aliphatic heterocycles. The molecule has 0 spiro atoms. The normalized spacial score (nSPS) is 22.1. The summed E-state index contributed by atoms with van der Waals surface area (Å²) in [4.78, 5) is 14.0. The molecule has 13 heteroatoms. The minimum atomic E-state index is -4.24. The van der Waals surface area contributed by atoms with E-state index in [0.717, 1.165) is 101 Å². The van der Waals surface area contributed by atoms with Gasteiger partial charge in [-0.1, -0.05) is 24.3 Å². The number of nitrogens with one attached hydrogen (secondary N) is 2. The van der Waals surface area contributed by atoms with Gasteiger partial charge in [-0.25, -0.2) is 4.98 Å². The predicted octanol–water partition coefficient (Wildman–Crippen LogP) is 4.47. The van der Waals surface area contributed by atoms with E-state index in [9.17, 15) is 18.3 Å². The van der Waals surface area contributed by atoms with E-state index in [2.05, 4.69) is 65.4 Å². The van der Waals surface area contributed by atoms with Crippen LogP contribution < -0.4 is 10.6 Å². The Morgan fingerprint density at radius 1 is 1.00 bits per heavy atom. The van der Waals surface area contributed by atoms with E-state index in [1.807, 2.05) is 0 Å². The number of ether oxygens (including phenoxy) is 1. The highest BCUT2D eigenvalue weighted by Gasteiger charge is 2.27. The lowest BCUT2D eigenvalue weighted by molar-refractivity contribution is -0.131. The third kappa shape index (κ3) is 8.41. The van der Waals surface area contributed by atoms with E-state index in [0.29, 0.717) is 11.8 Å². The van der Waals surface area contributed by atoms with Gasteiger partial charge >= 0.3 is 6.18 Å². The number of fused-ring (bicyclic) bond motifs is 1. The summed E-state index contributed by atoms with van der Waals surface area (Å²) in [5.41, 5.74) is 4.02. The highest BCUT2D eigenvalue weighted by atomic mass is 35.5. The maximum absolute atomic E-state index is 12.7. The van der Waals surface area contributed by atoms with E-state index >= 15 is 0 Å². The Morgan fingerprint density at radius 2 is 1.70 bits per heavy atom. The zero-order valence-corrected chi connectivity index (χ0v) is 25.8. The Balaban J connectivity index is 0.00000384. The van der Waals surface area contributed by atoms with Gasteiger partial charge in [0.15, 0.2) is 0 Å². The number of hydrogen-bond donors (Lipinski definition) is 3. The van der Waals surface area contributed by atoms with Crippen molar-refractivity contribution in [3.8, 4) is 11.1 Å². The van der Waals surface area contributed by atoms with Crippen molar-refractivity contribution in [3.05, 3.63) is 42.2 Å². The minimum absolute atomic E-state index is 0. The zero-order valence-electron chi connectivity index (χ0n) is 24.9. The first-order chi connectivity index (χ1) is 20.8. The molecule has 0 amide bonds. The van der Waals surface area contributed by atoms with Gasteiger partial charge in [-0.2, -0.15) is 18.2 Å². The number of halogens is 4. The van der Waals surface area contributed by atoms with Crippen molar-refractivity contribution in [2.45, 2.75) is 63.1 Å². The first kappa shape index (κ1) is 32.9. The molecule has 3 aliphatic rings. The molecule has 0 bridgehead atoms. The fraction of sp³-hybridized carbons (Fsp3) is 0.613. The molecule has 242 valence electrons. The van der Waals surface area contributed by atoms with Crippen molar-refractivity contribution >= 4 is 29.4 Å². The highest BCUT2D eigenvalue weighted by molar-refractivity contribution is 5.94. The van der Waals surface area contributed by atoms with Gasteiger partial charge in [0, 0.05) is 88.3 Å². The van der Waals surface area contributed by atoms with Crippen molar-refractivity contribution in [3.63, 3.8) is 0 Å². The van der Waals surface area contributed by atoms with Gasteiger partial charge in [-0.05, 0) is 36.8 Å². The molecule has 0 atom stereocenters. The molecule has 0 unspecified atom stereocenters. The van der Waals surface area contributed by atoms with Gasteiger partial charge in [0.2, 0.25) is 5.95 Å². The summed E-state index contributed by atoms with van der Waals surface area (Å²) in [6, 6.07) is 8.79. The molecule has 2 aromatic heterocycles. The van der Waals surface area contributed by atoms with E-state index in [1.54, 1.807) is 6.20 Å². The lowest BCUT2D eigenvalue weighted by Crippen LogP contribution is -2.50. The smallest absolute Gasteiger partial charge is 0.390 e. The topological polar surface area (TPSA) is 90.7 Å². The summed E-state index contributed by atoms with van der Waals surface area (Å²) in [6.45, 7) is 8.53. The van der Waals surface area contributed by atoms with Crippen molar-refractivity contribution in [2.24, 2.45) is 0 Å². The first-order valence-corrected chi connectivity index (χ1v) is 15.5. The van der Waals surface area contributed by atoms with Crippen molar-refractivity contribution < 1.29 is 23.0 Å². The lowest BCUT2D eigenvalue weighted by Gasteiger charge is -2.35. The summed E-state index contributed by atoms with van der Waals surface area (Å²) >= 11 is 0. The van der Waals surface area contributed by atoms with Crippen molar-refractivity contribution in [2.75, 3.05) is 64.3 Å². The molecule has 0 radical (unpaired) electrons. The third-order valence-electron chi connectivity index (χ3n) is 8.96. The van der Waals surface area contributed by atoms with Crippen molar-refractivity contribution in [1.29, 1.82) is 0 Å². The van der Waals surface area contributed by atoms with Crippen LogP contribution in [0.1, 0.15) is 43.7 Å². The molecule has 3 fully saturated rings. The number of aliphatic hydroxyl groups is 1. The van der Waals surface area contributed by atoms with Crippen molar-refractivity contribution in [1.82, 2.24) is 29.7 Å². The van der Waals surface area contributed by atoms with Crippen LogP contribution >= 0.6 is 12.4 Å². The summed E-state index contributed by atoms with van der Waals surface area (Å²) in [6.07, 6.45) is 1.81. The second-order valence-electron chi connectivity index (χ2n) is 12.1. The number of anilines is 1. The van der Waals surface area contributed by atoms with Crippen LogP contribution in [0.4, 0.5) is 19.1 Å². The molecule has 9 nitrogen and oxygen atoms in total. The Labute approximate surface area is 262 Å². The molecule has 1 saturated carbocycles. The van der Waals surface area contributed by atoms with Crippen LogP contribution in [-0.4, -0.2) is 107 Å². The van der Waals surface area contributed by atoms with Crippen LogP contribution in [0, 0.1) is 0 Å². The average Bonchev–Trinajstić information content (AvgIpc) is 3.34. The largest absolute Gasteiger partial charge is 0.393 e. The van der Waals surface area contributed by atoms with Gasteiger partial charge in [0.1, 0.15) is 5.65 Å². The Hall–Kier alpha value is -2.48. The van der Waals surface area contributed by atoms with Crippen LogP contribution in [0.3, 0.4) is 0 Å². The van der Waals surface area contributed by atoms with Gasteiger partial charge in [-0.15, -0.1) is 12.4 Å². The van der Waals surface area contributed by atoms with E-state index in [-0.39, 0.29) is 37.0 Å². The van der Waals surface area contributed by atoms with Crippen LogP contribution in [0.25, 0.3) is 22.2 Å². The quantitative estimate of drug-likeness (QED) is 0.284. The second-order valence-corrected chi connectivity index (χ2v) is 12.1. The first-order valence-electron chi connectivity index (χ1n) is 15.5. The molecule has 1 aromatic carbocycles. The lowest BCUT2D eigenvalue weighted by atomic mass is 9.93. The highest BCUT2D eigenvalue weighted by Crippen LogP contribution is 2.37. The Morgan fingerprint density at radius 3 is 2.36 bits per heavy atom. The molecular weight excluding hydrogens is 595 g/mol. The second kappa shape index (κ2) is 14.7. The van der Waals surface area contributed by atoms with E-state index in [4.69, 9.17) is 4.74 Å². The zero-order chi connectivity index (χ0) is 29.8. The SMILES string of the molecule is Cl.OC1CCC(n2cc(-c3ccc(CN4CCN(CCOC5CNC5)CC4)cc3)c3cnc(NCCC(F)(F)F)nc32)CC1. The number of benzene rings is 1. The molecule has 4 heterocycles. The summed E-state index contributed by atoms with van der Waals surface area (Å²) < 4.78 is 46.0. The molecule has 3 N–H and O–H groups in total. The fourth-order valence-corrected chi connectivity index (χ4v) is 6.22. The van der Waals surface area contributed by atoms with Gasteiger partial charge in [-0.3, -0.25) is 9.80 Å². The Kier molecular flexibility index (Phi) is 11.0. The minimum Gasteiger partial charge on any atom is -0.393 e. The van der Waals surface area contributed by atoms with Crippen LogP contribution in [0.15, 0.2) is 36.7 Å². The van der Waals surface area contributed by atoms with Gasteiger partial charge in [0.05, 0.1) is 25.2 Å². The average molecular weight is 638 g/mol. The number of aliphatic hydroxyl groups excluding tert-OH is 1. The molecule has 2 saturated heterocycles. The van der Waals surface area contributed by atoms with Crippen LogP contribution in [-0.2, 0) is 11.3 Å². The number of hydrogen-bond acceptors (Lipinski definition) is 8. The van der Waals surface area contributed by atoms with Crippen LogP contribution in [0.2, 0.25) is 0 Å². The molecular formula is C31H43ClF3N7O2. The van der Waals surface area contributed by atoms with E-state index in [1.165, 1.54) is 5.56 Å². The van der Waals surface area contributed by atoms with E-state index < -0.39 is 12.6 Å². The number of piperazine rings is 1. The third-order valence-corrected chi connectivity index (χ3v) is 8.96. The summed E-state index contributed by atoms with van der Waals surface area (Å²) in [5.74, 6) is 0.192. The molecule has 6 rings (SSSR count). The summed E-state index contributed by atoms with van der Waals surface area (Å²) in [5, 5.41) is 16.9. The predicted molar refractivity (Wildman–Crippen MR) is 167 cm³/mol. The summed E-state index contributed by atoms with van der Waals surface area (Å²) in [7, 11) is 0. The maximum Gasteiger partial charge on any atom is 0.390 e.